The number of amides is 3. The lowest BCUT2D eigenvalue weighted by Gasteiger charge is -2.10. The number of anilines is 1. The molecule has 0 atom stereocenters. The minimum Gasteiger partial charge on any atom is -0.355 e. The van der Waals surface area contributed by atoms with Gasteiger partial charge in [-0.2, -0.15) is 0 Å². The van der Waals surface area contributed by atoms with Gasteiger partial charge < -0.3 is 16.0 Å². The summed E-state index contributed by atoms with van der Waals surface area (Å²) >= 11 is 2.21. The molecule has 0 aliphatic carbocycles. The van der Waals surface area contributed by atoms with Crippen molar-refractivity contribution in [3.05, 3.63) is 27.3 Å². The van der Waals surface area contributed by atoms with Crippen molar-refractivity contribution >= 4 is 40.2 Å². The van der Waals surface area contributed by atoms with Crippen LogP contribution in [0.25, 0.3) is 0 Å². The summed E-state index contributed by atoms with van der Waals surface area (Å²) in [5.41, 5.74) is 1.73. The maximum absolute atomic E-state index is 11.6. The molecule has 0 aliphatic heterocycles. The molecule has 0 heterocycles. The third-order valence-electron chi connectivity index (χ3n) is 2.42. The summed E-state index contributed by atoms with van der Waals surface area (Å²) in [6.07, 6.45) is 0.875. The molecular formula is C13H18IN3O2. The molecule has 6 heteroatoms. The summed E-state index contributed by atoms with van der Waals surface area (Å²) in [7, 11) is 0. The van der Waals surface area contributed by atoms with Crippen molar-refractivity contribution < 1.29 is 9.59 Å². The van der Waals surface area contributed by atoms with Crippen LogP contribution in [0.2, 0.25) is 0 Å². The number of urea groups is 1. The maximum atomic E-state index is 11.6. The van der Waals surface area contributed by atoms with Crippen molar-refractivity contribution in [3.63, 3.8) is 0 Å². The second-order valence-electron chi connectivity index (χ2n) is 4.12. The zero-order valence-electron chi connectivity index (χ0n) is 11.0. The Labute approximate surface area is 126 Å². The molecule has 104 valence electrons. The predicted molar refractivity (Wildman–Crippen MR) is 84.2 cm³/mol. The quantitative estimate of drug-likeness (QED) is 0.691. The van der Waals surface area contributed by atoms with E-state index < -0.39 is 0 Å². The van der Waals surface area contributed by atoms with Crippen LogP contribution in [0.3, 0.4) is 0 Å². The Bertz CT molecular complexity index is 463. The van der Waals surface area contributed by atoms with E-state index in [2.05, 4.69) is 38.5 Å². The van der Waals surface area contributed by atoms with Crippen molar-refractivity contribution in [2.24, 2.45) is 0 Å². The smallest absolute Gasteiger partial charge is 0.319 e. The molecule has 0 saturated heterocycles. The minimum atomic E-state index is -0.379. The van der Waals surface area contributed by atoms with Crippen molar-refractivity contribution in [2.45, 2.75) is 20.3 Å². The highest BCUT2D eigenvalue weighted by molar-refractivity contribution is 14.1. The van der Waals surface area contributed by atoms with Gasteiger partial charge in [0, 0.05) is 15.8 Å². The van der Waals surface area contributed by atoms with Crippen LogP contribution in [0.15, 0.2) is 18.2 Å². The molecule has 0 unspecified atom stereocenters. The molecule has 0 radical (unpaired) electrons. The topological polar surface area (TPSA) is 70.2 Å². The van der Waals surface area contributed by atoms with Crippen molar-refractivity contribution in [3.8, 4) is 0 Å². The molecule has 1 aromatic rings. The zero-order valence-corrected chi connectivity index (χ0v) is 13.2. The number of hydrogen-bond acceptors (Lipinski definition) is 2. The summed E-state index contributed by atoms with van der Waals surface area (Å²) < 4.78 is 1.11. The van der Waals surface area contributed by atoms with Crippen LogP contribution in [0, 0.1) is 10.5 Å². The largest absolute Gasteiger partial charge is 0.355 e. The lowest BCUT2D eigenvalue weighted by molar-refractivity contribution is -0.120. The molecule has 1 aromatic carbocycles. The highest BCUT2D eigenvalue weighted by Crippen LogP contribution is 2.17. The Balaban J connectivity index is 2.41. The summed E-state index contributed by atoms with van der Waals surface area (Å²) in [5, 5.41) is 7.92. The van der Waals surface area contributed by atoms with E-state index in [1.807, 2.05) is 32.0 Å². The molecule has 19 heavy (non-hydrogen) atoms. The molecule has 1 rings (SSSR count). The standard InChI is InChI=1S/C13H18IN3O2/c1-3-6-15-12(18)8-16-13(19)17-11-5-4-10(14)7-9(11)2/h4-5,7H,3,6,8H2,1-2H3,(H,15,18)(H2,16,17,19). The van der Waals surface area contributed by atoms with Crippen LogP contribution in [0.5, 0.6) is 0 Å². The highest BCUT2D eigenvalue weighted by Gasteiger charge is 2.06. The predicted octanol–water partition coefficient (Wildman–Crippen LogP) is 2.25. The zero-order chi connectivity index (χ0) is 14.3. The van der Waals surface area contributed by atoms with Crippen LogP contribution in [0.4, 0.5) is 10.5 Å². The van der Waals surface area contributed by atoms with Crippen molar-refractivity contribution in [1.82, 2.24) is 10.6 Å². The van der Waals surface area contributed by atoms with Gasteiger partial charge in [-0.1, -0.05) is 6.92 Å². The van der Waals surface area contributed by atoms with E-state index in [1.165, 1.54) is 0 Å². The van der Waals surface area contributed by atoms with Crippen LogP contribution < -0.4 is 16.0 Å². The second kappa shape index (κ2) is 7.98. The van der Waals surface area contributed by atoms with Gasteiger partial charge in [0.15, 0.2) is 0 Å². The molecule has 0 saturated carbocycles. The number of carbonyl (C=O) groups is 2. The van der Waals surface area contributed by atoms with E-state index in [9.17, 15) is 9.59 Å². The summed E-state index contributed by atoms with van der Waals surface area (Å²) in [5.74, 6) is -0.184. The van der Waals surface area contributed by atoms with Gasteiger partial charge in [0.2, 0.25) is 5.91 Å². The van der Waals surface area contributed by atoms with E-state index in [-0.39, 0.29) is 18.5 Å². The van der Waals surface area contributed by atoms with Crippen molar-refractivity contribution in [1.29, 1.82) is 0 Å². The summed E-state index contributed by atoms with van der Waals surface area (Å²) in [6, 6.07) is 5.35. The van der Waals surface area contributed by atoms with Gasteiger partial charge in [-0.15, -0.1) is 0 Å². The first-order valence-corrected chi connectivity index (χ1v) is 7.18. The van der Waals surface area contributed by atoms with Gasteiger partial charge in [-0.3, -0.25) is 4.79 Å². The Morgan fingerprint density at radius 3 is 2.63 bits per heavy atom. The molecule has 0 fully saturated rings. The van der Waals surface area contributed by atoms with Gasteiger partial charge in [0.05, 0.1) is 6.54 Å². The molecule has 0 aliphatic rings. The first-order chi connectivity index (χ1) is 9.02. The molecule has 0 bridgehead atoms. The number of nitrogens with one attached hydrogen (secondary N) is 3. The van der Waals surface area contributed by atoms with Gasteiger partial charge in [-0.25, -0.2) is 4.79 Å². The van der Waals surface area contributed by atoms with E-state index in [1.54, 1.807) is 0 Å². The summed E-state index contributed by atoms with van der Waals surface area (Å²) in [6.45, 7) is 4.50. The number of rotatable bonds is 5. The van der Waals surface area contributed by atoms with Crippen LogP contribution in [-0.2, 0) is 4.79 Å². The lowest BCUT2D eigenvalue weighted by atomic mass is 10.2. The first-order valence-electron chi connectivity index (χ1n) is 6.10. The number of benzene rings is 1. The second-order valence-corrected chi connectivity index (χ2v) is 5.36. The van der Waals surface area contributed by atoms with Gasteiger partial charge in [-0.05, 0) is 59.7 Å². The van der Waals surface area contributed by atoms with Gasteiger partial charge in [0.1, 0.15) is 0 Å². The van der Waals surface area contributed by atoms with Crippen molar-refractivity contribution in [2.75, 3.05) is 18.4 Å². The number of halogens is 1. The van der Waals surface area contributed by atoms with E-state index in [0.717, 1.165) is 21.2 Å². The molecule has 5 nitrogen and oxygen atoms in total. The number of carbonyl (C=O) groups excluding carboxylic acids is 2. The molecule has 0 aromatic heterocycles. The first kappa shape index (κ1) is 15.7. The Morgan fingerprint density at radius 1 is 1.26 bits per heavy atom. The fraction of sp³-hybridized carbons (Fsp3) is 0.385. The molecule has 3 N–H and O–H groups in total. The Kier molecular flexibility index (Phi) is 6.61. The average Bonchev–Trinajstić information content (AvgIpc) is 2.37. The highest BCUT2D eigenvalue weighted by atomic mass is 127. The normalized spacial score (nSPS) is 9.84. The fourth-order valence-electron chi connectivity index (χ4n) is 1.42. The van der Waals surface area contributed by atoms with Gasteiger partial charge in [0.25, 0.3) is 0 Å². The third kappa shape index (κ3) is 5.91. The fourth-order valence-corrected chi connectivity index (χ4v) is 2.07. The number of aryl methyl sites for hydroxylation is 1. The average molecular weight is 375 g/mol. The number of hydrogen-bond donors (Lipinski definition) is 3. The monoisotopic (exact) mass is 375 g/mol. The minimum absolute atomic E-state index is 0.0186. The Hall–Kier alpha value is -1.31. The van der Waals surface area contributed by atoms with Gasteiger partial charge >= 0.3 is 6.03 Å². The van der Waals surface area contributed by atoms with E-state index >= 15 is 0 Å². The molecule has 3 amide bonds. The maximum Gasteiger partial charge on any atom is 0.319 e. The van der Waals surface area contributed by atoms with E-state index in [0.29, 0.717) is 6.54 Å². The Morgan fingerprint density at radius 2 is 2.00 bits per heavy atom. The van der Waals surface area contributed by atoms with E-state index in [4.69, 9.17) is 0 Å². The lowest BCUT2D eigenvalue weighted by Crippen LogP contribution is -2.39. The third-order valence-corrected chi connectivity index (χ3v) is 3.09. The van der Waals surface area contributed by atoms with Crippen LogP contribution in [0.1, 0.15) is 18.9 Å². The molecular weight excluding hydrogens is 357 g/mol. The van der Waals surface area contributed by atoms with Crippen LogP contribution in [-0.4, -0.2) is 25.0 Å². The SMILES string of the molecule is CCCNC(=O)CNC(=O)Nc1ccc(I)cc1C. The summed E-state index contributed by atoms with van der Waals surface area (Å²) in [4.78, 5) is 22.9. The molecule has 0 spiro atoms. The van der Waals surface area contributed by atoms with Crippen LogP contribution >= 0.6 is 22.6 Å².